The lowest BCUT2D eigenvalue weighted by atomic mass is 10.1. The summed E-state index contributed by atoms with van der Waals surface area (Å²) in [6.07, 6.45) is 0. The van der Waals surface area contributed by atoms with Crippen LogP contribution in [0.4, 0.5) is 13.2 Å². The molecule has 6 nitrogen and oxygen atoms in total. The van der Waals surface area contributed by atoms with E-state index in [0.29, 0.717) is 0 Å². The maximum absolute atomic E-state index is 13.7. The molecular formula is C15H20F3N3O3. The third kappa shape index (κ3) is 6.07. The standard InChI is InChI=1S/C15H20F3N3O3/c1-8(2)13(19)14(23)21-7-12(22)20-6-9-10(16)4-3-5-11(9)24-15(17)18/h3-5,8,13,15H,6-7,19H2,1-2H3,(H,20,22)(H,21,23)/t13-/m0/s1. The van der Waals surface area contributed by atoms with Crippen LogP contribution < -0.4 is 21.1 Å². The van der Waals surface area contributed by atoms with E-state index in [0.717, 1.165) is 6.07 Å². The number of alkyl halides is 2. The third-order valence-corrected chi connectivity index (χ3v) is 3.20. The minimum atomic E-state index is -3.11. The molecule has 0 aliphatic heterocycles. The van der Waals surface area contributed by atoms with E-state index in [2.05, 4.69) is 15.4 Å². The van der Waals surface area contributed by atoms with Crippen molar-refractivity contribution in [1.82, 2.24) is 10.6 Å². The summed E-state index contributed by atoms with van der Waals surface area (Å²) in [5.74, 6) is -2.37. The number of benzene rings is 1. The average Bonchev–Trinajstić information content (AvgIpc) is 2.50. The van der Waals surface area contributed by atoms with Crippen LogP contribution in [-0.2, 0) is 16.1 Å². The van der Waals surface area contributed by atoms with Gasteiger partial charge in [0.1, 0.15) is 11.6 Å². The molecule has 9 heteroatoms. The maximum Gasteiger partial charge on any atom is 0.387 e. The van der Waals surface area contributed by atoms with Crippen LogP contribution in [0.15, 0.2) is 18.2 Å². The van der Waals surface area contributed by atoms with Gasteiger partial charge in [0, 0.05) is 12.1 Å². The molecule has 1 rings (SSSR count). The van der Waals surface area contributed by atoms with Gasteiger partial charge in [-0.3, -0.25) is 9.59 Å². The molecule has 0 aliphatic rings. The van der Waals surface area contributed by atoms with E-state index >= 15 is 0 Å². The molecular weight excluding hydrogens is 327 g/mol. The molecule has 2 amide bonds. The lowest BCUT2D eigenvalue weighted by molar-refractivity contribution is -0.127. The summed E-state index contributed by atoms with van der Waals surface area (Å²) in [5, 5.41) is 4.66. The molecule has 0 fully saturated rings. The number of ether oxygens (including phenoxy) is 1. The average molecular weight is 347 g/mol. The number of amides is 2. The first-order valence-electron chi connectivity index (χ1n) is 7.24. The van der Waals surface area contributed by atoms with Crippen LogP contribution in [0.1, 0.15) is 19.4 Å². The number of nitrogens with one attached hydrogen (secondary N) is 2. The van der Waals surface area contributed by atoms with Crippen molar-refractivity contribution < 1.29 is 27.5 Å². The quantitative estimate of drug-likeness (QED) is 0.657. The second kappa shape index (κ2) is 9.11. The molecule has 0 unspecified atom stereocenters. The fourth-order valence-corrected chi connectivity index (χ4v) is 1.75. The topological polar surface area (TPSA) is 93.5 Å². The van der Waals surface area contributed by atoms with Crippen LogP contribution in [0.2, 0.25) is 0 Å². The zero-order valence-corrected chi connectivity index (χ0v) is 13.3. The highest BCUT2D eigenvalue weighted by Crippen LogP contribution is 2.23. The molecule has 0 aliphatic carbocycles. The van der Waals surface area contributed by atoms with Gasteiger partial charge in [-0.1, -0.05) is 19.9 Å². The van der Waals surface area contributed by atoms with Gasteiger partial charge in [-0.25, -0.2) is 4.39 Å². The van der Waals surface area contributed by atoms with Crippen molar-refractivity contribution in [3.8, 4) is 5.75 Å². The van der Waals surface area contributed by atoms with Gasteiger partial charge >= 0.3 is 6.61 Å². The largest absolute Gasteiger partial charge is 0.434 e. The number of carbonyl (C=O) groups is 2. The van der Waals surface area contributed by atoms with Gasteiger partial charge < -0.3 is 21.1 Å². The van der Waals surface area contributed by atoms with E-state index in [1.165, 1.54) is 12.1 Å². The van der Waals surface area contributed by atoms with Gasteiger partial charge in [-0.05, 0) is 18.1 Å². The summed E-state index contributed by atoms with van der Waals surface area (Å²) in [6, 6.07) is 2.69. The maximum atomic E-state index is 13.7. The Morgan fingerprint density at radius 2 is 1.92 bits per heavy atom. The third-order valence-electron chi connectivity index (χ3n) is 3.20. The van der Waals surface area contributed by atoms with Crippen LogP contribution in [0.3, 0.4) is 0 Å². The van der Waals surface area contributed by atoms with Gasteiger partial charge in [-0.2, -0.15) is 8.78 Å². The first-order chi connectivity index (χ1) is 11.2. The van der Waals surface area contributed by atoms with Crippen molar-refractivity contribution in [2.24, 2.45) is 11.7 Å². The molecule has 0 saturated heterocycles. The number of halogens is 3. The van der Waals surface area contributed by atoms with Gasteiger partial charge in [-0.15, -0.1) is 0 Å². The lowest BCUT2D eigenvalue weighted by Crippen LogP contribution is -2.47. The second-order valence-electron chi connectivity index (χ2n) is 5.36. The van der Waals surface area contributed by atoms with Gasteiger partial charge in [0.05, 0.1) is 12.6 Å². The van der Waals surface area contributed by atoms with Crippen molar-refractivity contribution in [2.45, 2.75) is 33.0 Å². The Balaban J connectivity index is 2.57. The zero-order chi connectivity index (χ0) is 18.3. The molecule has 0 saturated carbocycles. The smallest absolute Gasteiger partial charge is 0.387 e. The highest BCUT2D eigenvalue weighted by molar-refractivity contribution is 5.87. The molecule has 134 valence electrons. The van der Waals surface area contributed by atoms with Crippen molar-refractivity contribution in [1.29, 1.82) is 0 Å². The van der Waals surface area contributed by atoms with Crippen LogP contribution in [0.25, 0.3) is 0 Å². The van der Waals surface area contributed by atoms with Gasteiger partial charge in [0.15, 0.2) is 0 Å². The van der Waals surface area contributed by atoms with Gasteiger partial charge in [0.25, 0.3) is 0 Å². The predicted molar refractivity (Wildman–Crippen MR) is 80.7 cm³/mol. The molecule has 1 aromatic rings. The first-order valence-corrected chi connectivity index (χ1v) is 7.24. The van der Waals surface area contributed by atoms with Crippen LogP contribution in [-0.4, -0.2) is 31.0 Å². The molecule has 0 aromatic heterocycles. The summed E-state index contributed by atoms with van der Waals surface area (Å²) in [6.45, 7) is -0.323. The number of hydrogen-bond donors (Lipinski definition) is 3. The zero-order valence-electron chi connectivity index (χ0n) is 13.3. The van der Waals surface area contributed by atoms with E-state index in [-0.39, 0.29) is 30.3 Å². The number of rotatable bonds is 8. The Kier molecular flexibility index (Phi) is 7.50. The molecule has 0 bridgehead atoms. The molecule has 0 heterocycles. The fraction of sp³-hybridized carbons (Fsp3) is 0.467. The molecule has 1 atom stereocenters. The Hall–Kier alpha value is -2.29. The number of carbonyl (C=O) groups excluding carboxylic acids is 2. The van der Waals surface area contributed by atoms with Crippen molar-refractivity contribution in [3.05, 3.63) is 29.6 Å². The fourth-order valence-electron chi connectivity index (χ4n) is 1.75. The minimum Gasteiger partial charge on any atom is -0.434 e. The Morgan fingerprint density at radius 1 is 1.25 bits per heavy atom. The van der Waals surface area contributed by atoms with Crippen LogP contribution >= 0.6 is 0 Å². The summed E-state index contributed by atoms with van der Waals surface area (Å²) >= 11 is 0. The van der Waals surface area contributed by atoms with Crippen molar-refractivity contribution >= 4 is 11.8 Å². The predicted octanol–water partition coefficient (Wildman–Crippen LogP) is 1.14. The van der Waals surface area contributed by atoms with E-state index in [4.69, 9.17) is 5.73 Å². The Bertz CT molecular complexity index is 582. The first kappa shape index (κ1) is 19.8. The summed E-state index contributed by atoms with van der Waals surface area (Å²) in [4.78, 5) is 23.3. The normalized spacial score (nSPS) is 12.2. The molecule has 0 radical (unpaired) electrons. The Morgan fingerprint density at radius 3 is 2.50 bits per heavy atom. The number of nitrogens with two attached hydrogens (primary N) is 1. The monoisotopic (exact) mass is 347 g/mol. The van der Waals surface area contributed by atoms with E-state index < -0.39 is 30.3 Å². The summed E-state index contributed by atoms with van der Waals surface area (Å²) in [7, 11) is 0. The van der Waals surface area contributed by atoms with Crippen molar-refractivity contribution in [2.75, 3.05) is 6.54 Å². The highest BCUT2D eigenvalue weighted by atomic mass is 19.3. The summed E-state index contributed by atoms with van der Waals surface area (Å²) in [5.41, 5.74) is 5.40. The van der Waals surface area contributed by atoms with E-state index in [9.17, 15) is 22.8 Å². The van der Waals surface area contributed by atoms with Crippen LogP contribution in [0, 0.1) is 11.7 Å². The molecule has 0 spiro atoms. The lowest BCUT2D eigenvalue weighted by Gasteiger charge is -2.15. The van der Waals surface area contributed by atoms with E-state index in [1.807, 2.05) is 0 Å². The van der Waals surface area contributed by atoms with E-state index in [1.54, 1.807) is 13.8 Å². The molecule has 4 N–H and O–H groups in total. The highest BCUT2D eigenvalue weighted by Gasteiger charge is 2.18. The Labute approximate surface area is 137 Å². The second-order valence-corrected chi connectivity index (χ2v) is 5.36. The molecule has 1 aromatic carbocycles. The number of hydrogen-bond acceptors (Lipinski definition) is 4. The van der Waals surface area contributed by atoms with Crippen molar-refractivity contribution in [3.63, 3.8) is 0 Å². The SMILES string of the molecule is CC(C)[C@H](N)C(=O)NCC(=O)NCc1c(F)cccc1OC(F)F. The van der Waals surface area contributed by atoms with Gasteiger partial charge in [0.2, 0.25) is 11.8 Å². The summed E-state index contributed by atoms with van der Waals surface area (Å²) < 4.78 is 42.5. The minimum absolute atomic E-state index is 0.0967. The molecule has 24 heavy (non-hydrogen) atoms. The van der Waals surface area contributed by atoms with Crippen LogP contribution in [0.5, 0.6) is 5.75 Å².